The van der Waals surface area contributed by atoms with E-state index in [1.54, 1.807) is 41.0 Å². The molecule has 2 aromatic heterocycles. The molecule has 1 amide bonds. The van der Waals surface area contributed by atoms with Crippen molar-refractivity contribution in [1.82, 2.24) is 14.5 Å². The van der Waals surface area contributed by atoms with E-state index in [2.05, 4.69) is 12.2 Å². The maximum absolute atomic E-state index is 14.2. The fraction of sp³-hybridized carbons (Fsp3) is 0.194. The highest BCUT2D eigenvalue weighted by molar-refractivity contribution is 7.92. The molecule has 0 bridgehead atoms. The molecular formula is C31H30N4O3S. The van der Waals surface area contributed by atoms with Gasteiger partial charge in [0.2, 0.25) is 15.7 Å². The number of carbonyl (C=O) groups is 1. The number of benzene rings is 3. The lowest BCUT2D eigenvalue weighted by molar-refractivity contribution is -0.111. The number of rotatable bonds is 9. The maximum atomic E-state index is 14.2. The van der Waals surface area contributed by atoms with Gasteiger partial charge in [0, 0.05) is 12.6 Å². The predicted octanol–water partition coefficient (Wildman–Crippen LogP) is 6.57. The number of sulfone groups is 1. The lowest BCUT2D eigenvalue weighted by atomic mass is 10.2. The van der Waals surface area contributed by atoms with Gasteiger partial charge in [-0.3, -0.25) is 4.79 Å². The number of nitrogens with zero attached hydrogens (tertiary/aromatic N) is 3. The van der Waals surface area contributed by atoms with E-state index in [0.717, 1.165) is 30.4 Å². The van der Waals surface area contributed by atoms with Crippen molar-refractivity contribution in [3.05, 3.63) is 96.1 Å². The number of amides is 1. The smallest absolute Gasteiger partial charge is 0.249 e. The van der Waals surface area contributed by atoms with Gasteiger partial charge in [0.05, 0.1) is 15.9 Å². The SMILES string of the molecule is CCCCCn1c(NC(=O)/C=C/c2ccccc2)c(S(=O)(=O)c2ccc(C)cc2)c2nc3ccccc3nc21. The molecule has 0 aliphatic heterocycles. The van der Waals surface area contributed by atoms with Crippen molar-refractivity contribution in [3.8, 4) is 0 Å². The second-order valence-electron chi connectivity index (χ2n) is 9.47. The quantitative estimate of drug-likeness (QED) is 0.169. The Hall–Kier alpha value is -4.30. The van der Waals surface area contributed by atoms with Gasteiger partial charge in [0.25, 0.3) is 0 Å². The van der Waals surface area contributed by atoms with E-state index in [1.165, 1.54) is 6.08 Å². The highest BCUT2D eigenvalue weighted by atomic mass is 32.2. The van der Waals surface area contributed by atoms with Crippen LogP contribution >= 0.6 is 0 Å². The van der Waals surface area contributed by atoms with Crippen LogP contribution in [-0.2, 0) is 21.2 Å². The number of hydrogen-bond acceptors (Lipinski definition) is 5. The van der Waals surface area contributed by atoms with E-state index in [4.69, 9.17) is 9.97 Å². The molecule has 0 saturated carbocycles. The van der Waals surface area contributed by atoms with Crippen LogP contribution in [0.25, 0.3) is 28.3 Å². The molecule has 0 spiro atoms. The summed E-state index contributed by atoms with van der Waals surface area (Å²) in [6, 6.07) is 23.5. The third-order valence-electron chi connectivity index (χ3n) is 6.56. The Bertz CT molecular complexity index is 1770. The number of aryl methyl sites for hydroxylation is 2. The summed E-state index contributed by atoms with van der Waals surface area (Å²) in [5, 5.41) is 2.89. The number of unbranched alkanes of at least 4 members (excludes halogenated alkanes) is 2. The highest BCUT2D eigenvalue weighted by Crippen LogP contribution is 2.37. The zero-order chi connectivity index (χ0) is 27.4. The van der Waals surface area contributed by atoms with Gasteiger partial charge >= 0.3 is 0 Å². The molecular weight excluding hydrogens is 508 g/mol. The molecule has 0 atom stereocenters. The summed E-state index contributed by atoms with van der Waals surface area (Å²) in [4.78, 5) is 22.9. The van der Waals surface area contributed by atoms with Gasteiger partial charge in [0.15, 0.2) is 5.65 Å². The van der Waals surface area contributed by atoms with Crippen LogP contribution in [-0.4, -0.2) is 28.9 Å². The molecule has 3 aromatic carbocycles. The lowest BCUT2D eigenvalue weighted by Crippen LogP contribution is -2.16. The number of anilines is 1. The minimum absolute atomic E-state index is 0.0439. The Morgan fingerprint density at radius 1 is 0.897 bits per heavy atom. The number of hydrogen-bond donors (Lipinski definition) is 1. The third kappa shape index (κ3) is 5.47. The molecule has 8 heteroatoms. The summed E-state index contributed by atoms with van der Waals surface area (Å²) in [5.74, 6) is -0.261. The molecule has 1 N–H and O–H groups in total. The monoisotopic (exact) mass is 538 g/mol. The van der Waals surface area contributed by atoms with Crippen LogP contribution in [0.3, 0.4) is 0 Å². The molecule has 0 aliphatic rings. The topological polar surface area (TPSA) is 94.0 Å². The van der Waals surface area contributed by atoms with Crippen molar-refractivity contribution < 1.29 is 13.2 Å². The molecule has 5 rings (SSSR count). The zero-order valence-corrected chi connectivity index (χ0v) is 22.8. The van der Waals surface area contributed by atoms with Crippen LogP contribution in [0.1, 0.15) is 37.3 Å². The number of para-hydroxylation sites is 2. The van der Waals surface area contributed by atoms with Crippen LogP contribution in [0.15, 0.2) is 94.7 Å². The van der Waals surface area contributed by atoms with Gasteiger partial charge in [-0.2, -0.15) is 0 Å². The Morgan fingerprint density at radius 2 is 1.56 bits per heavy atom. The fourth-order valence-electron chi connectivity index (χ4n) is 4.52. The molecule has 5 aromatic rings. The van der Waals surface area contributed by atoms with E-state index >= 15 is 0 Å². The molecule has 0 radical (unpaired) electrons. The van der Waals surface area contributed by atoms with Crippen LogP contribution in [0.4, 0.5) is 5.82 Å². The van der Waals surface area contributed by atoms with E-state index in [0.29, 0.717) is 23.2 Å². The van der Waals surface area contributed by atoms with Gasteiger partial charge in [-0.05, 0) is 49.2 Å². The Kier molecular flexibility index (Phi) is 7.56. The minimum Gasteiger partial charge on any atom is -0.309 e. The molecule has 0 aliphatic carbocycles. The van der Waals surface area contributed by atoms with E-state index in [-0.39, 0.29) is 21.1 Å². The van der Waals surface area contributed by atoms with E-state index in [9.17, 15) is 13.2 Å². The number of aromatic nitrogens is 3. The second kappa shape index (κ2) is 11.2. The van der Waals surface area contributed by atoms with Gasteiger partial charge < -0.3 is 9.88 Å². The number of nitrogens with one attached hydrogen (secondary N) is 1. The van der Waals surface area contributed by atoms with Gasteiger partial charge in [-0.15, -0.1) is 0 Å². The molecule has 7 nitrogen and oxygen atoms in total. The first-order valence-corrected chi connectivity index (χ1v) is 14.5. The van der Waals surface area contributed by atoms with Crippen molar-refractivity contribution in [2.75, 3.05) is 5.32 Å². The first-order chi connectivity index (χ1) is 18.9. The Morgan fingerprint density at radius 3 is 2.26 bits per heavy atom. The van der Waals surface area contributed by atoms with E-state index < -0.39 is 15.7 Å². The number of fused-ring (bicyclic) bond motifs is 2. The average molecular weight is 539 g/mol. The van der Waals surface area contributed by atoms with Crippen molar-refractivity contribution in [3.63, 3.8) is 0 Å². The summed E-state index contributed by atoms with van der Waals surface area (Å²) in [5.41, 5.74) is 3.71. The summed E-state index contributed by atoms with van der Waals surface area (Å²) in [7, 11) is -4.07. The Balaban J connectivity index is 1.73. The van der Waals surface area contributed by atoms with Crippen molar-refractivity contribution in [2.45, 2.75) is 49.4 Å². The van der Waals surface area contributed by atoms with E-state index in [1.807, 2.05) is 55.5 Å². The number of carbonyl (C=O) groups excluding carboxylic acids is 1. The largest absolute Gasteiger partial charge is 0.309 e. The molecule has 39 heavy (non-hydrogen) atoms. The Labute approximate surface area is 228 Å². The fourth-order valence-corrected chi connectivity index (χ4v) is 6.06. The third-order valence-corrected chi connectivity index (χ3v) is 8.38. The maximum Gasteiger partial charge on any atom is 0.249 e. The predicted molar refractivity (Wildman–Crippen MR) is 155 cm³/mol. The van der Waals surface area contributed by atoms with Crippen LogP contribution in [0.5, 0.6) is 0 Å². The average Bonchev–Trinajstić information content (AvgIpc) is 3.23. The lowest BCUT2D eigenvalue weighted by Gasteiger charge is -2.12. The summed E-state index contributed by atoms with van der Waals surface area (Å²) in [6.07, 6.45) is 5.83. The standard InChI is InChI=1S/C31H30N4O3S/c1-3-4-10-21-35-30-28(32-25-13-8-9-14-26(25)33-30)29(39(37,38)24-18-15-22(2)16-19-24)31(35)34-27(36)20-17-23-11-6-5-7-12-23/h5-9,11-20H,3-4,10,21H2,1-2H3,(H,34,36)/b20-17+. The molecule has 198 valence electrons. The molecule has 0 fully saturated rings. The van der Waals surface area contributed by atoms with Crippen LogP contribution in [0, 0.1) is 6.92 Å². The zero-order valence-electron chi connectivity index (χ0n) is 22.0. The summed E-state index contributed by atoms with van der Waals surface area (Å²) < 4.78 is 30.1. The highest BCUT2D eigenvalue weighted by Gasteiger charge is 2.32. The van der Waals surface area contributed by atoms with Gasteiger partial charge in [-0.1, -0.05) is 79.9 Å². The van der Waals surface area contributed by atoms with Crippen LogP contribution in [0.2, 0.25) is 0 Å². The first-order valence-electron chi connectivity index (χ1n) is 13.0. The first kappa shape index (κ1) is 26.3. The normalized spacial score (nSPS) is 11.9. The molecule has 0 unspecified atom stereocenters. The second-order valence-corrected chi connectivity index (χ2v) is 11.4. The van der Waals surface area contributed by atoms with Gasteiger partial charge in [-0.25, -0.2) is 18.4 Å². The molecule has 0 saturated heterocycles. The van der Waals surface area contributed by atoms with Gasteiger partial charge in [0.1, 0.15) is 16.2 Å². The molecule has 2 heterocycles. The summed E-state index contributed by atoms with van der Waals surface area (Å²) in [6.45, 7) is 4.49. The van der Waals surface area contributed by atoms with Crippen molar-refractivity contribution in [2.24, 2.45) is 0 Å². The minimum atomic E-state index is -4.07. The van der Waals surface area contributed by atoms with Crippen molar-refractivity contribution in [1.29, 1.82) is 0 Å². The summed E-state index contributed by atoms with van der Waals surface area (Å²) >= 11 is 0. The van der Waals surface area contributed by atoms with Crippen LogP contribution < -0.4 is 5.32 Å². The van der Waals surface area contributed by atoms with Crippen molar-refractivity contribution >= 4 is 49.8 Å².